The molecule has 2 atom stereocenters. The van der Waals surface area contributed by atoms with Gasteiger partial charge in [-0.3, -0.25) is 0 Å². The van der Waals surface area contributed by atoms with Crippen molar-refractivity contribution in [3.8, 4) is 6.07 Å². The molecule has 5 nitrogen and oxygen atoms in total. The molecule has 0 amide bonds. The molecule has 2 aliphatic rings. The van der Waals surface area contributed by atoms with E-state index in [1.54, 1.807) is 10.4 Å². The zero-order valence-electron chi connectivity index (χ0n) is 10.3. The Hall–Kier alpha value is -0.940. The number of nitrogens with zero attached hydrogens (tertiary/aromatic N) is 2. The second kappa shape index (κ2) is 4.87. The topological polar surface area (TPSA) is 70.4 Å². The lowest BCUT2D eigenvalue weighted by atomic mass is 10.2. The van der Waals surface area contributed by atoms with Crippen LogP contribution in [0.1, 0.15) is 24.1 Å². The summed E-state index contributed by atoms with van der Waals surface area (Å²) in [5.41, 5.74) is 0. The minimum Gasteiger partial charge on any atom is -0.375 e. The molecule has 7 heteroatoms. The lowest BCUT2D eigenvalue weighted by molar-refractivity contribution is -0.0241. The highest BCUT2D eigenvalue weighted by Gasteiger charge is 2.42. The molecule has 19 heavy (non-hydrogen) atoms. The Bertz CT molecular complexity index is 617. The molecule has 1 aromatic rings. The van der Waals surface area contributed by atoms with Crippen LogP contribution in [0.15, 0.2) is 16.3 Å². The van der Waals surface area contributed by atoms with Gasteiger partial charge < -0.3 is 4.74 Å². The highest BCUT2D eigenvalue weighted by atomic mass is 32.2. The van der Waals surface area contributed by atoms with Crippen LogP contribution in [0.3, 0.4) is 0 Å². The molecule has 2 unspecified atom stereocenters. The van der Waals surface area contributed by atoms with Crippen LogP contribution in [0, 0.1) is 11.3 Å². The predicted molar refractivity (Wildman–Crippen MR) is 70.3 cm³/mol. The van der Waals surface area contributed by atoms with E-state index in [9.17, 15) is 8.42 Å². The molecular weight excluding hydrogens is 284 g/mol. The van der Waals surface area contributed by atoms with E-state index in [-0.39, 0.29) is 16.4 Å². The standard InChI is InChI=1S/C12H14N2O3S2/c13-8-9-4-5-12(18-9)19(15,16)14-6-7-17-11-3-1-2-10(11)14/h4-5,10-11H,1-3,6-7H2. The van der Waals surface area contributed by atoms with Crippen LogP contribution in [0.5, 0.6) is 0 Å². The summed E-state index contributed by atoms with van der Waals surface area (Å²) in [5, 5.41) is 8.81. The third-order valence-electron chi connectivity index (χ3n) is 3.69. The summed E-state index contributed by atoms with van der Waals surface area (Å²) < 4.78 is 32.7. The number of fused-ring (bicyclic) bond motifs is 1. The summed E-state index contributed by atoms with van der Waals surface area (Å²) >= 11 is 1.04. The number of ether oxygens (including phenoxy) is 1. The summed E-state index contributed by atoms with van der Waals surface area (Å²) in [6.45, 7) is 0.861. The molecule has 1 aliphatic carbocycles. The summed E-state index contributed by atoms with van der Waals surface area (Å²) in [6, 6.07) is 5.03. The molecule has 3 rings (SSSR count). The van der Waals surface area contributed by atoms with Crippen LogP contribution in [0.4, 0.5) is 0 Å². The molecule has 0 aromatic carbocycles. The molecular formula is C12H14N2O3S2. The summed E-state index contributed by atoms with van der Waals surface area (Å²) in [4.78, 5) is 0.426. The summed E-state index contributed by atoms with van der Waals surface area (Å²) in [7, 11) is -3.48. The molecule has 0 N–H and O–H groups in total. The van der Waals surface area contributed by atoms with Crippen molar-refractivity contribution in [2.45, 2.75) is 35.6 Å². The zero-order valence-corrected chi connectivity index (χ0v) is 11.9. The molecule has 102 valence electrons. The van der Waals surface area contributed by atoms with Crippen LogP contribution in [-0.4, -0.2) is 38.0 Å². The van der Waals surface area contributed by atoms with E-state index >= 15 is 0 Å². The van der Waals surface area contributed by atoms with Gasteiger partial charge in [0.1, 0.15) is 15.2 Å². The van der Waals surface area contributed by atoms with Gasteiger partial charge in [-0.05, 0) is 31.4 Å². The number of thiophene rings is 1. The first-order valence-corrected chi connectivity index (χ1v) is 8.52. The number of nitriles is 1. The zero-order chi connectivity index (χ0) is 13.5. The average Bonchev–Trinajstić information content (AvgIpc) is 3.06. The molecule has 1 saturated carbocycles. The number of hydrogen-bond acceptors (Lipinski definition) is 5. The Morgan fingerprint density at radius 2 is 2.26 bits per heavy atom. The predicted octanol–water partition coefficient (Wildman–Crippen LogP) is 1.56. The van der Waals surface area contributed by atoms with Crippen LogP contribution >= 0.6 is 11.3 Å². The van der Waals surface area contributed by atoms with Crippen molar-refractivity contribution >= 4 is 21.4 Å². The van der Waals surface area contributed by atoms with Gasteiger partial charge in [0.25, 0.3) is 10.0 Å². The Kier molecular flexibility index (Phi) is 3.35. The van der Waals surface area contributed by atoms with Gasteiger partial charge in [0.05, 0.1) is 18.8 Å². The largest absolute Gasteiger partial charge is 0.375 e. The molecule has 0 bridgehead atoms. The lowest BCUT2D eigenvalue weighted by Crippen LogP contribution is -2.50. The van der Waals surface area contributed by atoms with Gasteiger partial charge in [0, 0.05) is 6.54 Å². The fourth-order valence-corrected chi connectivity index (χ4v) is 5.72. The molecule has 2 heterocycles. The van der Waals surface area contributed by atoms with Crippen molar-refractivity contribution in [2.24, 2.45) is 0 Å². The number of morpholine rings is 1. The van der Waals surface area contributed by atoms with E-state index in [4.69, 9.17) is 10.00 Å². The molecule has 1 aromatic heterocycles. The molecule has 1 aliphatic heterocycles. The van der Waals surface area contributed by atoms with Gasteiger partial charge in [-0.15, -0.1) is 11.3 Å². The molecule has 0 spiro atoms. The maximum absolute atomic E-state index is 12.6. The van der Waals surface area contributed by atoms with Crippen molar-refractivity contribution in [2.75, 3.05) is 13.2 Å². The second-order valence-corrected chi connectivity index (χ2v) is 7.95. The van der Waals surface area contributed by atoms with E-state index in [0.717, 1.165) is 30.6 Å². The minimum atomic E-state index is -3.48. The number of sulfonamides is 1. The maximum Gasteiger partial charge on any atom is 0.253 e. The fraction of sp³-hybridized carbons (Fsp3) is 0.583. The first-order valence-electron chi connectivity index (χ1n) is 6.26. The second-order valence-electron chi connectivity index (χ2n) is 4.75. The van der Waals surface area contributed by atoms with Gasteiger partial charge in [-0.2, -0.15) is 9.57 Å². The fourth-order valence-electron chi connectivity index (χ4n) is 2.82. The van der Waals surface area contributed by atoms with Crippen molar-refractivity contribution in [3.63, 3.8) is 0 Å². The van der Waals surface area contributed by atoms with E-state index in [1.165, 1.54) is 6.07 Å². The van der Waals surface area contributed by atoms with Crippen molar-refractivity contribution in [3.05, 3.63) is 17.0 Å². The van der Waals surface area contributed by atoms with E-state index in [1.807, 2.05) is 6.07 Å². The molecule has 0 radical (unpaired) electrons. The third kappa shape index (κ3) is 2.19. The van der Waals surface area contributed by atoms with Crippen LogP contribution < -0.4 is 0 Å². The minimum absolute atomic E-state index is 0.0358. The number of rotatable bonds is 2. The maximum atomic E-state index is 12.6. The Morgan fingerprint density at radius 3 is 3.00 bits per heavy atom. The van der Waals surface area contributed by atoms with E-state index < -0.39 is 10.0 Å². The average molecular weight is 298 g/mol. The van der Waals surface area contributed by atoms with E-state index in [0.29, 0.717) is 18.0 Å². The van der Waals surface area contributed by atoms with Crippen LogP contribution in [0.25, 0.3) is 0 Å². The van der Waals surface area contributed by atoms with E-state index in [2.05, 4.69) is 0 Å². The summed E-state index contributed by atoms with van der Waals surface area (Å²) in [6.07, 6.45) is 2.85. The molecule has 2 fully saturated rings. The van der Waals surface area contributed by atoms with Gasteiger partial charge in [-0.25, -0.2) is 8.42 Å². The highest BCUT2D eigenvalue weighted by Crippen LogP contribution is 2.34. The Labute approximate surface area is 116 Å². The SMILES string of the molecule is N#Cc1ccc(S(=O)(=O)N2CCOC3CCCC32)s1. The number of hydrogen-bond donors (Lipinski definition) is 0. The van der Waals surface area contributed by atoms with Gasteiger partial charge >= 0.3 is 0 Å². The highest BCUT2D eigenvalue weighted by molar-refractivity contribution is 7.91. The van der Waals surface area contributed by atoms with Gasteiger partial charge in [0.2, 0.25) is 0 Å². The van der Waals surface area contributed by atoms with Gasteiger partial charge in [-0.1, -0.05) is 0 Å². The normalized spacial score (nSPS) is 27.9. The quantitative estimate of drug-likeness (QED) is 0.831. The first kappa shape index (κ1) is 13.1. The molecule has 1 saturated heterocycles. The van der Waals surface area contributed by atoms with Crippen molar-refractivity contribution in [1.29, 1.82) is 5.26 Å². The Morgan fingerprint density at radius 1 is 1.42 bits per heavy atom. The van der Waals surface area contributed by atoms with Crippen molar-refractivity contribution < 1.29 is 13.2 Å². The first-order chi connectivity index (χ1) is 9.13. The van der Waals surface area contributed by atoms with Crippen molar-refractivity contribution in [1.82, 2.24) is 4.31 Å². The monoisotopic (exact) mass is 298 g/mol. The van der Waals surface area contributed by atoms with Gasteiger partial charge in [0.15, 0.2) is 0 Å². The lowest BCUT2D eigenvalue weighted by Gasteiger charge is -2.36. The Balaban J connectivity index is 1.93. The third-order valence-corrected chi connectivity index (χ3v) is 7.07. The van der Waals surface area contributed by atoms with Crippen LogP contribution in [0.2, 0.25) is 0 Å². The van der Waals surface area contributed by atoms with Crippen LogP contribution in [-0.2, 0) is 14.8 Å². The smallest absolute Gasteiger partial charge is 0.253 e. The summed E-state index contributed by atoms with van der Waals surface area (Å²) in [5.74, 6) is 0.